The second kappa shape index (κ2) is 10.6. The quantitative estimate of drug-likeness (QED) is 0.520. The van der Waals surface area contributed by atoms with E-state index in [1.54, 1.807) is 11.3 Å². The Morgan fingerprint density at radius 2 is 1.88 bits per heavy atom. The van der Waals surface area contributed by atoms with Gasteiger partial charge in [-0.25, -0.2) is 4.98 Å². The minimum Gasteiger partial charge on any atom is -0.456 e. The van der Waals surface area contributed by atoms with E-state index in [1.807, 2.05) is 36.4 Å². The molecule has 0 aliphatic carbocycles. The summed E-state index contributed by atoms with van der Waals surface area (Å²) in [6, 6.07) is 16.2. The molecule has 2 aromatic carbocycles. The van der Waals surface area contributed by atoms with Crippen LogP contribution in [0.25, 0.3) is 10.2 Å². The monoisotopic (exact) mass is 453 g/mol. The number of aromatic nitrogens is 1. The first-order valence-corrected chi connectivity index (χ1v) is 11.6. The summed E-state index contributed by atoms with van der Waals surface area (Å²) in [6.45, 7) is 4.61. The zero-order valence-corrected chi connectivity index (χ0v) is 18.9. The van der Waals surface area contributed by atoms with E-state index in [0.29, 0.717) is 17.7 Å². The minimum absolute atomic E-state index is 0.202. The molecule has 1 fully saturated rings. The summed E-state index contributed by atoms with van der Waals surface area (Å²) in [5, 5.41) is 3.51. The Labute approximate surface area is 191 Å². The number of rotatable bonds is 8. The van der Waals surface area contributed by atoms with Crippen molar-refractivity contribution in [3.05, 3.63) is 54.1 Å². The largest absolute Gasteiger partial charge is 0.456 e. The number of para-hydroxylation sites is 1. The number of hydrogen-bond donors (Lipinski definition) is 1. The van der Waals surface area contributed by atoms with E-state index in [4.69, 9.17) is 9.47 Å². The van der Waals surface area contributed by atoms with Crippen LogP contribution in [0.5, 0.6) is 10.9 Å². The predicted octanol–water partition coefficient (Wildman–Crippen LogP) is 3.98. The fourth-order valence-corrected chi connectivity index (χ4v) is 4.58. The van der Waals surface area contributed by atoms with Gasteiger partial charge in [-0.15, -0.1) is 0 Å². The number of nitrogens with zero attached hydrogens (tertiary/aromatic N) is 2. The molecule has 4 rings (SSSR count). The number of benzene rings is 2. The summed E-state index contributed by atoms with van der Waals surface area (Å²) in [5.74, 6) is 0.564. The lowest BCUT2D eigenvalue weighted by Crippen LogP contribution is -2.39. The average Bonchev–Trinajstić information content (AvgIpc) is 3.21. The fourth-order valence-electron chi connectivity index (χ4n) is 3.74. The lowest BCUT2D eigenvalue weighted by atomic mass is 9.96. The van der Waals surface area contributed by atoms with Gasteiger partial charge < -0.3 is 14.8 Å². The first-order valence-electron chi connectivity index (χ1n) is 10.8. The number of nitrogens with one attached hydrogen (secondary N) is 1. The van der Waals surface area contributed by atoms with Crippen molar-refractivity contribution in [3.8, 4) is 10.9 Å². The number of amides is 1. The molecule has 0 unspecified atom stereocenters. The summed E-state index contributed by atoms with van der Waals surface area (Å²) in [4.78, 5) is 29.4. The molecule has 0 bridgehead atoms. The van der Waals surface area contributed by atoms with E-state index in [2.05, 4.69) is 27.3 Å². The molecule has 7 nitrogen and oxygen atoms in total. The number of thiazole rings is 1. The van der Waals surface area contributed by atoms with Crippen LogP contribution in [0.3, 0.4) is 0 Å². The SMILES string of the molecule is CC(=O)OCC(=O)NCC1CCN(Cc2ccc(Oc3nc4ccccc4s3)cc2)CC1. The molecule has 1 aliphatic rings. The van der Waals surface area contributed by atoms with Gasteiger partial charge in [0.2, 0.25) is 0 Å². The Hall–Kier alpha value is -2.97. The highest BCUT2D eigenvalue weighted by molar-refractivity contribution is 7.20. The Morgan fingerprint density at radius 3 is 2.59 bits per heavy atom. The molecule has 0 saturated carbocycles. The number of hydrogen-bond acceptors (Lipinski definition) is 7. The molecule has 1 aliphatic heterocycles. The van der Waals surface area contributed by atoms with Crippen molar-refractivity contribution in [2.45, 2.75) is 26.3 Å². The zero-order chi connectivity index (χ0) is 22.3. The van der Waals surface area contributed by atoms with Gasteiger partial charge in [-0.2, -0.15) is 0 Å². The van der Waals surface area contributed by atoms with Gasteiger partial charge >= 0.3 is 5.97 Å². The lowest BCUT2D eigenvalue weighted by molar-refractivity contribution is -0.146. The Kier molecular flexibility index (Phi) is 7.34. The van der Waals surface area contributed by atoms with Gasteiger partial charge in [-0.3, -0.25) is 14.5 Å². The topological polar surface area (TPSA) is 80.8 Å². The van der Waals surface area contributed by atoms with Gasteiger partial charge in [-0.05, 0) is 61.7 Å². The average molecular weight is 454 g/mol. The number of carbonyl (C=O) groups excluding carboxylic acids is 2. The smallest absolute Gasteiger partial charge is 0.303 e. The van der Waals surface area contributed by atoms with Crippen LogP contribution in [0, 0.1) is 5.92 Å². The van der Waals surface area contributed by atoms with Crippen molar-refractivity contribution in [3.63, 3.8) is 0 Å². The summed E-state index contributed by atoms with van der Waals surface area (Å²) < 4.78 is 11.8. The van der Waals surface area contributed by atoms with Crippen LogP contribution < -0.4 is 10.1 Å². The van der Waals surface area contributed by atoms with Gasteiger partial charge in [0.05, 0.1) is 10.2 Å². The molecule has 1 aromatic heterocycles. The normalized spacial score (nSPS) is 14.9. The van der Waals surface area contributed by atoms with Crippen molar-refractivity contribution in [2.75, 3.05) is 26.2 Å². The van der Waals surface area contributed by atoms with Crippen molar-refractivity contribution >= 4 is 33.4 Å². The van der Waals surface area contributed by atoms with Crippen LogP contribution in [-0.4, -0.2) is 48.0 Å². The number of likely N-dealkylation sites (tertiary alicyclic amines) is 1. The molecule has 168 valence electrons. The Balaban J connectivity index is 1.20. The van der Waals surface area contributed by atoms with Gasteiger partial charge in [0.25, 0.3) is 11.1 Å². The molecule has 1 saturated heterocycles. The third-order valence-corrected chi connectivity index (χ3v) is 6.42. The number of fused-ring (bicyclic) bond motifs is 1. The van der Waals surface area contributed by atoms with Gasteiger partial charge in [0, 0.05) is 20.0 Å². The molecule has 0 atom stereocenters. The molecule has 1 amide bonds. The zero-order valence-electron chi connectivity index (χ0n) is 18.1. The summed E-state index contributed by atoms with van der Waals surface area (Å²) >= 11 is 1.54. The van der Waals surface area contributed by atoms with Crippen molar-refractivity contribution in [1.82, 2.24) is 15.2 Å². The third kappa shape index (κ3) is 6.27. The van der Waals surface area contributed by atoms with E-state index < -0.39 is 5.97 Å². The standard InChI is InChI=1S/C24H27N3O4S/c1-17(28)30-16-23(29)25-14-18-10-12-27(13-11-18)15-19-6-8-20(9-7-19)31-24-26-21-4-2-3-5-22(21)32-24/h2-9,18H,10-16H2,1H3,(H,25,29). The first-order chi connectivity index (χ1) is 15.5. The maximum atomic E-state index is 11.7. The van der Waals surface area contributed by atoms with E-state index in [-0.39, 0.29) is 12.5 Å². The van der Waals surface area contributed by atoms with Crippen LogP contribution >= 0.6 is 11.3 Å². The highest BCUT2D eigenvalue weighted by atomic mass is 32.1. The predicted molar refractivity (Wildman–Crippen MR) is 124 cm³/mol. The fraction of sp³-hybridized carbons (Fsp3) is 0.375. The Morgan fingerprint density at radius 1 is 1.12 bits per heavy atom. The molecule has 0 radical (unpaired) electrons. The molecule has 0 spiro atoms. The van der Waals surface area contributed by atoms with Gasteiger partial charge in [0.15, 0.2) is 6.61 Å². The van der Waals surface area contributed by atoms with Gasteiger partial charge in [-0.1, -0.05) is 35.6 Å². The van der Waals surface area contributed by atoms with Crippen LogP contribution in [0.4, 0.5) is 0 Å². The molecule has 2 heterocycles. The van der Waals surface area contributed by atoms with E-state index >= 15 is 0 Å². The minimum atomic E-state index is -0.440. The highest BCUT2D eigenvalue weighted by Gasteiger charge is 2.20. The van der Waals surface area contributed by atoms with E-state index in [9.17, 15) is 9.59 Å². The molecule has 1 N–H and O–H groups in total. The summed E-state index contributed by atoms with van der Waals surface area (Å²) in [7, 11) is 0. The number of esters is 1. The lowest BCUT2D eigenvalue weighted by Gasteiger charge is -2.32. The number of ether oxygens (including phenoxy) is 2. The van der Waals surface area contributed by atoms with Crippen LogP contribution in [-0.2, 0) is 20.9 Å². The van der Waals surface area contributed by atoms with Crippen molar-refractivity contribution in [2.24, 2.45) is 5.92 Å². The summed E-state index contributed by atoms with van der Waals surface area (Å²) in [6.07, 6.45) is 2.07. The van der Waals surface area contributed by atoms with Crippen LogP contribution in [0.2, 0.25) is 0 Å². The van der Waals surface area contributed by atoms with Crippen LogP contribution in [0.15, 0.2) is 48.5 Å². The summed E-state index contributed by atoms with van der Waals surface area (Å²) in [5.41, 5.74) is 2.20. The maximum Gasteiger partial charge on any atom is 0.303 e. The third-order valence-electron chi connectivity index (χ3n) is 5.51. The first kappa shape index (κ1) is 22.2. The highest BCUT2D eigenvalue weighted by Crippen LogP contribution is 2.31. The van der Waals surface area contributed by atoms with Gasteiger partial charge in [0.1, 0.15) is 5.75 Å². The van der Waals surface area contributed by atoms with E-state index in [0.717, 1.165) is 48.4 Å². The second-order valence-corrected chi connectivity index (χ2v) is 8.99. The van der Waals surface area contributed by atoms with Crippen LogP contribution in [0.1, 0.15) is 25.3 Å². The van der Waals surface area contributed by atoms with E-state index in [1.165, 1.54) is 12.5 Å². The molecule has 32 heavy (non-hydrogen) atoms. The number of carbonyl (C=O) groups is 2. The van der Waals surface area contributed by atoms with Crippen molar-refractivity contribution < 1.29 is 19.1 Å². The van der Waals surface area contributed by atoms with Crippen molar-refractivity contribution in [1.29, 1.82) is 0 Å². The molecular weight excluding hydrogens is 426 g/mol. The number of piperidine rings is 1. The molecule has 3 aromatic rings. The molecular formula is C24H27N3O4S. The second-order valence-electron chi connectivity index (χ2n) is 8.00. The Bertz CT molecular complexity index is 1030. The maximum absolute atomic E-state index is 11.7. The molecule has 8 heteroatoms.